The first-order valence-corrected chi connectivity index (χ1v) is 6.14. The van der Waals surface area contributed by atoms with E-state index in [1.54, 1.807) is 0 Å². The van der Waals surface area contributed by atoms with Crippen molar-refractivity contribution in [1.82, 2.24) is 0 Å². The van der Waals surface area contributed by atoms with Crippen LogP contribution in [-0.4, -0.2) is 10.3 Å². The second kappa shape index (κ2) is 9.29. The maximum atomic E-state index is 10.4. The monoisotopic (exact) mass is 283 g/mol. The Morgan fingerprint density at radius 3 is 2.00 bits per heavy atom. The van der Waals surface area contributed by atoms with Crippen molar-refractivity contribution in [3.8, 4) is 0 Å². The maximum absolute atomic E-state index is 10.4. The molecule has 0 saturated carbocycles. The van der Waals surface area contributed by atoms with Gasteiger partial charge in [0.2, 0.25) is 5.91 Å². The number of alkyl halides is 1. The highest BCUT2D eigenvalue weighted by Crippen LogP contribution is 2.07. The van der Waals surface area contributed by atoms with Gasteiger partial charge in [-0.15, -0.1) is 0 Å². The zero-order valence-corrected chi connectivity index (χ0v) is 9.68. The average Bonchev–Trinajstić information content (AvgIpc) is 2.02. The van der Waals surface area contributed by atoms with Crippen molar-refractivity contribution in [2.45, 2.75) is 44.9 Å². The van der Waals surface area contributed by atoms with Gasteiger partial charge in [-0.3, -0.25) is 4.79 Å². The van der Waals surface area contributed by atoms with Crippen molar-refractivity contribution in [1.29, 1.82) is 0 Å². The molecule has 0 fully saturated rings. The molecule has 0 aromatic heterocycles. The van der Waals surface area contributed by atoms with Crippen LogP contribution in [-0.2, 0) is 4.79 Å². The molecule has 0 heterocycles. The summed E-state index contributed by atoms with van der Waals surface area (Å²) in [4.78, 5) is 10.4. The first kappa shape index (κ1) is 12.2. The Bertz CT molecular complexity index is 117. The zero-order chi connectivity index (χ0) is 9.23. The van der Waals surface area contributed by atoms with E-state index in [-0.39, 0.29) is 5.91 Å². The number of carbonyl (C=O) groups is 1. The second-order valence-electron chi connectivity index (χ2n) is 3.03. The molecular formula is C9H18INO. The summed E-state index contributed by atoms with van der Waals surface area (Å²) in [5.41, 5.74) is 5.01. The zero-order valence-electron chi connectivity index (χ0n) is 7.52. The number of rotatable bonds is 8. The number of nitrogens with two attached hydrogens (primary N) is 1. The number of hydrogen-bond acceptors (Lipinski definition) is 1. The molecule has 0 atom stereocenters. The van der Waals surface area contributed by atoms with Crippen molar-refractivity contribution in [3.63, 3.8) is 0 Å². The summed E-state index contributed by atoms with van der Waals surface area (Å²) in [5, 5.41) is 0. The van der Waals surface area contributed by atoms with Crippen LogP contribution in [0.2, 0.25) is 0 Å². The molecule has 0 aromatic rings. The molecule has 12 heavy (non-hydrogen) atoms. The summed E-state index contributed by atoms with van der Waals surface area (Å²) in [6.45, 7) is 0. The number of halogens is 1. The first-order chi connectivity index (χ1) is 5.77. The highest BCUT2D eigenvalue weighted by Gasteiger charge is 1.94. The molecule has 0 rings (SSSR count). The van der Waals surface area contributed by atoms with E-state index in [0.29, 0.717) is 6.42 Å². The van der Waals surface area contributed by atoms with E-state index in [4.69, 9.17) is 5.73 Å². The number of carbonyl (C=O) groups excluding carboxylic acids is 1. The lowest BCUT2D eigenvalue weighted by Crippen LogP contribution is -2.09. The minimum absolute atomic E-state index is 0.165. The molecule has 0 aliphatic rings. The summed E-state index contributed by atoms with van der Waals surface area (Å²) in [6.07, 6.45) is 7.91. The lowest BCUT2D eigenvalue weighted by atomic mass is 10.1. The van der Waals surface area contributed by atoms with Crippen LogP contribution in [0.3, 0.4) is 0 Å². The van der Waals surface area contributed by atoms with E-state index >= 15 is 0 Å². The number of amides is 1. The fourth-order valence-corrected chi connectivity index (χ4v) is 1.64. The molecule has 0 aliphatic carbocycles. The number of primary amides is 1. The van der Waals surface area contributed by atoms with Crippen LogP contribution >= 0.6 is 22.6 Å². The Morgan fingerprint density at radius 1 is 1.00 bits per heavy atom. The molecule has 72 valence electrons. The topological polar surface area (TPSA) is 43.1 Å². The Morgan fingerprint density at radius 2 is 1.50 bits per heavy atom. The maximum Gasteiger partial charge on any atom is 0.217 e. The van der Waals surface area contributed by atoms with E-state index in [1.165, 1.54) is 30.1 Å². The van der Waals surface area contributed by atoms with Crippen molar-refractivity contribution in [2.24, 2.45) is 5.73 Å². The Labute approximate surface area is 88.4 Å². The van der Waals surface area contributed by atoms with Gasteiger partial charge in [0.25, 0.3) is 0 Å². The summed E-state index contributed by atoms with van der Waals surface area (Å²) >= 11 is 2.40. The van der Waals surface area contributed by atoms with Gasteiger partial charge in [-0.1, -0.05) is 48.3 Å². The summed E-state index contributed by atoms with van der Waals surface area (Å²) in [6, 6.07) is 0. The first-order valence-electron chi connectivity index (χ1n) is 4.61. The minimum atomic E-state index is -0.165. The quantitative estimate of drug-likeness (QED) is 0.415. The van der Waals surface area contributed by atoms with Gasteiger partial charge in [-0.2, -0.15) is 0 Å². The highest BCUT2D eigenvalue weighted by atomic mass is 127. The van der Waals surface area contributed by atoms with E-state index in [9.17, 15) is 4.79 Å². The SMILES string of the molecule is NC(=O)CCCCCCCCI. The van der Waals surface area contributed by atoms with Gasteiger partial charge in [-0.05, 0) is 17.3 Å². The molecule has 0 saturated heterocycles. The third-order valence-electron chi connectivity index (χ3n) is 1.81. The highest BCUT2D eigenvalue weighted by molar-refractivity contribution is 14.1. The van der Waals surface area contributed by atoms with E-state index in [1.807, 2.05) is 0 Å². The van der Waals surface area contributed by atoms with Crippen LogP contribution in [0.15, 0.2) is 0 Å². The number of unbranched alkanes of at least 4 members (excludes halogenated alkanes) is 5. The van der Waals surface area contributed by atoms with Gasteiger partial charge in [-0.25, -0.2) is 0 Å². The Kier molecular flexibility index (Phi) is 9.44. The predicted molar refractivity (Wildman–Crippen MR) is 60.4 cm³/mol. The standard InChI is InChI=1S/C9H18INO/c10-8-6-4-2-1-3-5-7-9(11)12/h1-8H2,(H2,11,12). The Balaban J connectivity index is 2.86. The second-order valence-corrected chi connectivity index (χ2v) is 4.11. The predicted octanol–water partition coefficient (Wildman–Crippen LogP) is 2.64. The van der Waals surface area contributed by atoms with Crippen LogP contribution in [0.4, 0.5) is 0 Å². The molecule has 2 N–H and O–H groups in total. The van der Waals surface area contributed by atoms with E-state index in [0.717, 1.165) is 12.8 Å². The molecule has 0 aliphatic heterocycles. The van der Waals surface area contributed by atoms with Crippen molar-refractivity contribution >= 4 is 28.5 Å². The molecule has 0 spiro atoms. The van der Waals surface area contributed by atoms with Crippen LogP contribution < -0.4 is 5.73 Å². The van der Waals surface area contributed by atoms with Crippen LogP contribution in [0.25, 0.3) is 0 Å². The van der Waals surface area contributed by atoms with Crippen molar-refractivity contribution in [2.75, 3.05) is 4.43 Å². The van der Waals surface area contributed by atoms with Crippen LogP contribution in [0, 0.1) is 0 Å². The van der Waals surface area contributed by atoms with Gasteiger partial charge >= 0.3 is 0 Å². The molecule has 3 heteroatoms. The normalized spacial score (nSPS) is 10.1. The third kappa shape index (κ3) is 10.2. The van der Waals surface area contributed by atoms with Gasteiger partial charge in [0.1, 0.15) is 0 Å². The molecule has 0 radical (unpaired) electrons. The lowest BCUT2D eigenvalue weighted by molar-refractivity contribution is -0.118. The summed E-state index contributed by atoms with van der Waals surface area (Å²) in [5.74, 6) is -0.165. The lowest BCUT2D eigenvalue weighted by Gasteiger charge is -1.98. The number of hydrogen-bond donors (Lipinski definition) is 1. The van der Waals surface area contributed by atoms with Gasteiger partial charge in [0, 0.05) is 6.42 Å². The van der Waals surface area contributed by atoms with E-state index in [2.05, 4.69) is 22.6 Å². The average molecular weight is 283 g/mol. The Hall–Kier alpha value is 0.200. The van der Waals surface area contributed by atoms with Gasteiger partial charge in [0.05, 0.1) is 0 Å². The molecule has 1 amide bonds. The summed E-state index contributed by atoms with van der Waals surface area (Å²) < 4.78 is 1.26. The fraction of sp³-hybridized carbons (Fsp3) is 0.889. The molecule has 0 unspecified atom stereocenters. The molecule has 2 nitrogen and oxygen atoms in total. The van der Waals surface area contributed by atoms with Crippen LogP contribution in [0.1, 0.15) is 44.9 Å². The van der Waals surface area contributed by atoms with Crippen LogP contribution in [0.5, 0.6) is 0 Å². The van der Waals surface area contributed by atoms with Crippen molar-refractivity contribution in [3.05, 3.63) is 0 Å². The summed E-state index contributed by atoms with van der Waals surface area (Å²) in [7, 11) is 0. The minimum Gasteiger partial charge on any atom is -0.370 e. The third-order valence-corrected chi connectivity index (χ3v) is 2.57. The molecule has 0 bridgehead atoms. The van der Waals surface area contributed by atoms with Gasteiger partial charge < -0.3 is 5.73 Å². The molecule has 0 aromatic carbocycles. The smallest absolute Gasteiger partial charge is 0.217 e. The van der Waals surface area contributed by atoms with Crippen molar-refractivity contribution < 1.29 is 4.79 Å². The largest absolute Gasteiger partial charge is 0.370 e. The van der Waals surface area contributed by atoms with E-state index < -0.39 is 0 Å². The fourth-order valence-electron chi connectivity index (χ4n) is 1.10. The molecular weight excluding hydrogens is 265 g/mol. The van der Waals surface area contributed by atoms with Gasteiger partial charge in [0.15, 0.2) is 0 Å².